The second kappa shape index (κ2) is 11.2. The van der Waals surface area contributed by atoms with Gasteiger partial charge in [-0.15, -0.1) is 10.2 Å². The van der Waals surface area contributed by atoms with Gasteiger partial charge in [-0.05, 0) is 55.3 Å². The summed E-state index contributed by atoms with van der Waals surface area (Å²) in [6.07, 6.45) is 0. The van der Waals surface area contributed by atoms with E-state index in [2.05, 4.69) is 10.2 Å². The third kappa shape index (κ3) is 5.83. The maximum Gasteiger partial charge on any atom is 0.220 e. The predicted molar refractivity (Wildman–Crippen MR) is 135 cm³/mol. The summed E-state index contributed by atoms with van der Waals surface area (Å²) in [5, 5.41) is 20.0. The van der Waals surface area contributed by atoms with Crippen LogP contribution in [0.3, 0.4) is 0 Å². The Bertz CT molecular complexity index is 1380. The van der Waals surface area contributed by atoms with E-state index in [-0.39, 0.29) is 23.9 Å². The Morgan fingerprint density at radius 2 is 1.86 bits per heavy atom. The van der Waals surface area contributed by atoms with E-state index in [9.17, 15) is 14.5 Å². The molecule has 0 aliphatic carbocycles. The second-order valence-electron chi connectivity index (χ2n) is 8.12. The van der Waals surface area contributed by atoms with Crippen LogP contribution in [0.2, 0.25) is 0 Å². The molecule has 1 heterocycles. The van der Waals surface area contributed by atoms with Crippen LogP contribution in [-0.2, 0) is 6.61 Å². The van der Waals surface area contributed by atoms with E-state index in [1.54, 1.807) is 36.4 Å². The molecule has 0 N–H and O–H groups in total. The van der Waals surface area contributed by atoms with Crippen molar-refractivity contribution in [3.05, 3.63) is 105 Å². The molecule has 1 aromatic heterocycles. The molecular formula is C26H25FN4O4S. The van der Waals surface area contributed by atoms with Crippen molar-refractivity contribution in [3.63, 3.8) is 0 Å². The standard InChI is InChI=1S/C26H25FN4O4S/c1-17-7-6-9-21(13-17)31-18(2)28-29-26(31)36-25(15-30(32)33)19-11-12-23(24(14-19)34-3)35-16-20-8-4-5-10-22(20)27/h4-14,25H,15-16H2,1-3H3/t25-/m1/s1. The number of halogens is 1. The smallest absolute Gasteiger partial charge is 0.220 e. The highest BCUT2D eigenvalue weighted by Crippen LogP contribution is 2.39. The minimum absolute atomic E-state index is 0.0222. The van der Waals surface area contributed by atoms with Crippen molar-refractivity contribution in [3.8, 4) is 17.2 Å². The quantitative estimate of drug-likeness (QED) is 0.154. The van der Waals surface area contributed by atoms with E-state index in [1.807, 2.05) is 42.7 Å². The summed E-state index contributed by atoms with van der Waals surface area (Å²) in [7, 11) is 1.49. The average molecular weight is 509 g/mol. The Hall–Kier alpha value is -3.92. The molecule has 0 aliphatic heterocycles. The topological polar surface area (TPSA) is 92.3 Å². The van der Waals surface area contributed by atoms with Gasteiger partial charge in [-0.3, -0.25) is 14.7 Å². The number of thioether (sulfide) groups is 1. The van der Waals surface area contributed by atoms with Crippen LogP contribution in [0.1, 0.15) is 27.8 Å². The lowest BCUT2D eigenvalue weighted by Gasteiger charge is -2.17. The third-order valence-electron chi connectivity index (χ3n) is 5.52. The Balaban J connectivity index is 1.62. The Morgan fingerprint density at radius 1 is 1.06 bits per heavy atom. The van der Waals surface area contributed by atoms with Gasteiger partial charge in [-0.1, -0.05) is 48.2 Å². The van der Waals surface area contributed by atoms with E-state index in [0.29, 0.717) is 33.6 Å². The first-order valence-corrected chi connectivity index (χ1v) is 12.1. The number of nitro groups is 1. The van der Waals surface area contributed by atoms with Crippen molar-refractivity contribution >= 4 is 11.8 Å². The zero-order chi connectivity index (χ0) is 25.7. The SMILES string of the molecule is COc1cc([C@@H](C[N+](=O)[O-])Sc2nnc(C)n2-c2cccc(C)c2)ccc1OCc1ccccc1F. The Labute approximate surface area is 212 Å². The fraction of sp³-hybridized carbons (Fsp3) is 0.231. The molecule has 8 nitrogen and oxygen atoms in total. The van der Waals surface area contributed by atoms with Crippen LogP contribution >= 0.6 is 11.8 Å². The second-order valence-corrected chi connectivity index (χ2v) is 9.29. The average Bonchev–Trinajstić information content (AvgIpc) is 3.22. The van der Waals surface area contributed by atoms with Crippen molar-refractivity contribution in [2.24, 2.45) is 0 Å². The van der Waals surface area contributed by atoms with Gasteiger partial charge in [0.05, 0.1) is 7.11 Å². The first kappa shape index (κ1) is 25.2. The molecule has 0 bridgehead atoms. The fourth-order valence-electron chi connectivity index (χ4n) is 3.73. The largest absolute Gasteiger partial charge is 0.493 e. The summed E-state index contributed by atoms with van der Waals surface area (Å²) < 4.78 is 27.1. The van der Waals surface area contributed by atoms with Gasteiger partial charge in [0.15, 0.2) is 16.7 Å². The summed E-state index contributed by atoms with van der Waals surface area (Å²) in [4.78, 5) is 11.2. The summed E-state index contributed by atoms with van der Waals surface area (Å²) in [6, 6.07) is 19.4. The zero-order valence-corrected chi connectivity index (χ0v) is 20.9. The number of aromatic nitrogens is 3. The molecule has 0 unspecified atom stereocenters. The number of nitrogens with zero attached hydrogens (tertiary/aromatic N) is 4. The molecule has 4 rings (SSSR count). The number of ether oxygens (including phenoxy) is 2. The van der Waals surface area contributed by atoms with Crippen molar-refractivity contribution in [1.82, 2.24) is 14.8 Å². The summed E-state index contributed by atoms with van der Waals surface area (Å²) >= 11 is 1.26. The fourth-order valence-corrected chi connectivity index (χ4v) is 4.90. The number of benzene rings is 3. The van der Waals surface area contributed by atoms with Gasteiger partial charge >= 0.3 is 0 Å². The lowest BCUT2D eigenvalue weighted by Crippen LogP contribution is -2.11. The number of hydrogen-bond acceptors (Lipinski definition) is 7. The first-order chi connectivity index (χ1) is 17.4. The molecule has 0 saturated carbocycles. The van der Waals surface area contributed by atoms with Gasteiger partial charge in [-0.25, -0.2) is 4.39 Å². The van der Waals surface area contributed by atoms with Crippen molar-refractivity contribution in [2.45, 2.75) is 30.9 Å². The number of rotatable bonds is 10. The van der Waals surface area contributed by atoms with E-state index in [4.69, 9.17) is 9.47 Å². The van der Waals surface area contributed by atoms with Crippen LogP contribution < -0.4 is 9.47 Å². The highest BCUT2D eigenvalue weighted by Gasteiger charge is 2.25. The molecule has 36 heavy (non-hydrogen) atoms. The molecule has 0 amide bonds. The number of methoxy groups -OCH3 is 1. The molecule has 10 heteroatoms. The number of aryl methyl sites for hydroxylation is 2. The highest BCUT2D eigenvalue weighted by atomic mass is 32.2. The Morgan fingerprint density at radius 3 is 2.58 bits per heavy atom. The molecule has 186 valence electrons. The van der Waals surface area contributed by atoms with Crippen LogP contribution in [0.25, 0.3) is 5.69 Å². The zero-order valence-electron chi connectivity index (χ0n) is 20.1. The highest BCUT2D eigenvalue weighted by molar-refractivity contribution is 7.99. The maximum absolute atomic E-state index is 14.0. The molecular weight excluding hydrogens is 483 g/mol. The van der Waals surface area contributed by atoms with Gasteiger partial charge in [0, 0.05) is 16.2 Å². The molecule has 0 spiro atoms. The summed E-state index contributed by atoms with van der Waals surface area (Å²) in [6.45, 7) is 3.53. The van der Waals surface area contributed by atoms with E-state index >= 15 is 0 Å². The van der Waals surface area contributed by atoms with Gasteiger partial charge in [-0.2, -0.15) is 0 Å². The summed E-state index contributed by atoms with van der Waals surface area (Å²) in [5.74, 6) is 1.13. The number of hydrogen-bond donors (Lipinski definition) is 0. The molecule has 0 saturated heterocycles. The van der Waals surface area contributed by atoms with Gasteiger partial charge in [0.1, 0.15) is 23.5 Å². The molecule has 0 fully saturated rings. The van der Waals surface area contributed by atoms with Crippen molar-refractivity contribution in [2.75, 3.05) is 13.7 Å². The maximum atomic E-state index is 14.0. The van der Waals surface area contributed by atoms with Crippen LogP contribution in [0, 0.1) is 29.8 Å². The van der Waals surface area contributed by atoms with Crippen LogP contribution in [0.15, 0.2) is 71.9 Å². The van der Waals surface area contributed by atoms with E-state index < -0.39 is 5.25 Å². The van der Waals surface area contributed by atoms with Gasteiger partial charge < -0.3 is 9.47 Å². The van der Waals surface area contributed by atoms with Crippen LogP contribution in [-0.4, -0.2) is 33.3 Å². The predicted octanol–water partition coefficient (Wildman–Crippen LogP) is 5.72. The van der Waals surface area contributed by atoms with Crippen LogP contribution in [0.5, 0.6) is 11.5 Å². The lowest BCUT2D eigenvalue weighted by atomic mass is 10.1. The molecule has 3 aromatic carbocycles. The minimum Gasteiger partial charge on any atom is -0.493 e. The van der Waals surface area contributed by atoms with Crippen molar-refractivity contribution in [1.29, 1.82) is 0 Å². The normalized spacial score (nSPS) is 11.8. The van der Waals surface area contributed by atoms with E-state index in [1.165, 1.54) is 24.9 Å². The van der Waals surface area contributed by atoms with Gasteiger partial charge in [0.2, 0.25) is 6.54 Å². The molecule has 4 aromatic rings. The molecule has 0 aliphatic rings. The van der Waals surface area contributed by atoms with Crippen molar-refractivity contribution < 1.29 is 18.8 Å². The molecule has 1 atom stereocenters. The third-order valence-corrected chi connectivity index (χ3v) is 6.70. The Kier molecular flexibility index (Phi) is 7.84. The summed E-state index contributed by atoms with van der Waals surface area (Å²) in [5.41, 5.74) is 3.04. The van der Waals surface area contributed by atoms with Gasteiger partial charge in [0.25, 0.3) is 0 Å². The van der Waals surface area contributed by atoms with E-state index in [0.717, 1.165) is 11.3 Å². The first-order valence-electron chi connectivity index (χ1n) is 11.2. The minimum atomic E-state index is -0.568. The van der Waals surface area contributed by atoms with Crippen LogP contribution in [0.4, 0.5) is 4.39 Å². The monoisotopic (exact) mass is 508 g/mol. The molecule has 0 radical (unpaired) electrons. The lowest BCUT2D eigenvalue weighted by molar-refractivity contribution is -0.479.